The van der Waals surface area contributed by atoms with Crippen LogP contribution < -0.4 is 0 Å². The molecule has 0 radical (unpaired) electrons. The first-order valence-electron chi connectivity index (χ1n) is 8.69. The maximum atomic E-state index is 11.0. The maximum Gasteiger partial charge on any atom is 0.305 e. The second kappa shape index (κ2) is 26.7. The van der Waals surface area contributed by atoms with Crippen molar-refractivity contribution in [1.82, 2.24) is 0 Å². The Hall–Kier alpha value is -1.18. The summed E-state index contributed by atoms with van der Waals surface area (Å²) in [5, 5.41) is 32.2. The highest BCUT2D eigenvalue weighted by molar-refractivity contribution is 5.69. The summed E-state index contributed by atoms with van der Waals surface area (Å²) in [6.45, 7) is 4.76. The Morgan fingerprint density at radius 3 is 1.67 bits per heavy atom. The fourth-order valence-electron chi connectivity index (χ4n) is 1.28. The van der Waals surface area contributed by atoms with Gasteiger partial charge >= 0.3 is 11.9 Å². The van der Waals surface area contributed by atoms with E-state index in [1.807, 2.05) is 6.92 Å². The third kappa shape index (κ3) is 37.2. The van der Waals surface area contributed by atoms with Crippen LogP contribution in [0.15, 0.2) is 0 Å². The molecule has 4 N–H and O–H groups in total. The van der Waals surface area contributed by atoms with Crippen molar-refractivity contribution in [1.29, 1.82) is 0 Å². The smallest absolute Gasteiger partial charge is 0.305 e. The van der Waals surface area contributed by atoms with Gasteiger partial charge in [-0.1, -0.05) is 26.7 Å². The predicted molar refractivity (Wildman–Crippen MR) is 92.8 cm³/mol. The van der Waals surface area contributed by atoms with Gasteiger partial charge in [-0.2, -0.15) is 0 Å². The Balaban J connectivity index is -0.000000332. The standard InChI is InChI=1S/C10H20O3.C4H8O2.C3H8O2/c1-2-3-4-7-10(12)13-9-6-5-8-11;1-2-3-4(5)6;4-2-1-3-5/h11H,2-9H2,1H3;2-3H2,1H3,(H,5,6);4-5H,1-3H2. The van der Waals surface area contributed by atoms with Gasteiger partial charge in [-0.05, 0) is 32.1 Å². The van der Waals surface area contributed by atoms with Crippen LogP contribution in [-0.2, 0) is 14.3 Å². The summed E-state index contributed by atoms with van der Waals surface area (Å²) in [7, 11) is 0. The molecule has 0 fully saturated rings. The number of esters is 1. The lowest BCUT2D eigenvalue weighted by Crippen LogP contribution is -2.05. The van der Waals surface area contributed by atoms with E-state index in [1.165, 1.54) is 0 Å². The van der Waals surface area contributed by atoms with Crippen LogP contribution in [0.2, 0.25) is 0 Å². The molecule has 0 amide bonds. The van der Waals surface area contributed by atoms with E-state index < -0.39 is 5.97 Å². The monoisotopic (exact) mass is 352 g/mol. The van der Waals surface area contributed by atoms with Crippen LogP contribution in [0.25, 0.3) is 0 Å². The molecule has 0 aromatic rings. The van der Waals surface area contributed by atoms with E-state index in [4.69, 9.17) is 25.2 Å². The Morgan fingerprint density at radius 1 is 0.750 bits per heavy atom. The number of carbonyl (C=O) groups excluding carboxylic acids is 1. The number of carboxylic acids is 1. The number of ether oxygens (including phenoxy) is 1. The van der Waals surface area contributed by atoms with Crippen LogP contribution >= 0.6 is 0 Å². The molecule has 0 aliphatic rings. The largest absolute Gasteiger partial charge is 0.481 e. The maximum absolute atomic E-state index is 11.0. The third-order valence-electron chi connectivity index (χ3n) is 2.58. The summed E-state index contributed by atoms with van der Waals surface area (Å²) >= 11 is 0. The molecule has 7 nitrogen and oxygen atoms in total. The van der Waals surface area contributed by atoms with Crippen LogP contribution in [0.3, 0.4) is 0 Å². The lowest BCUT2D eigenvalue weighted by Gasteiger charge is -2.03. The van der Waals surface area contributed by atoms with Crippen molar-refractivity contribution in [3.8, 4) is 0 Å². The van der Waals surface area contributed by atoms with Crippen molar-refractivity contribution < 1.29 is 34.8 Å². The number of hydrogen-bond donors (Lipinski definition) is 4. The summed E-state index contributed by atoms with van der Waals surface area (Å²) in [6, 6.07) is 0. The minimum atomic E-state index is -0.711. The van der Waals surface area contributed by atoms with E-state index >= 15 is 0 Å². The number of aliphatic hydroxyl groups excluding tert-OH is 3. The zero-order valence-electron chi connectivity index (χ0n) is 15.2. The van der Waals surface area contributed by atoms with Gasteiger partial charge < -0.3 is 25.2 Å². The van der Waals surface area contributed by atoms with E-state index in [2.05, 4.69) is 6.92 Å². The van der Waals surface area contributed by atoms with Gasteiger partial charge in [-0.3, -0.25) is 9.59 Å². The van der Waals surface area contributed by atoms with Crippen molar-refractivity contribution in [2.75, 3.05) is 26.4 Å². The van der Waals surface area contributed by atoms with E-state index in [0.717, 1.165) is 32.1 Å². The number of hydrogen-bond acceptors (Lipinski definition) is 6. The molecule has 0 spiro atoms. The summed E-state index contributed by atoms with van der Waals surface area (Å²) in [4.78, 5) is 20.6. The molecule has 0 rings (SSSR count). The van der Waals surface area contributed by atoms with E-state index in [-0.39, 0.29) is 25.8 Å². The van der Waals surface area contributed by atoms with E-state index in [0.29, 0.717) is 32.3 Å². The minimum absolute atomic E-state index is 0.0938. The topological polar surface area (TPSA) is 124 Å². The molecule has 0 atom stereocenters. The van der Waals surface area contributed by atoms with Crippen LogP contribution in [0.1, 0.15) is 71.6 Å². The van der Waals surface area contributed by atoms with Crippen LogP contribution in [-0.4, -0.2) is 58.8 Å². The second-order valence-electron chi connectivity index (χ2n) is 5.05. The number of aliphatic hydroxyl groups is 3. The summed E-state index contributed by atoms with van der Waals surface area (Å²) < 4.78 is 4.94. The molecule has 7 heteroatoms. The van der Waals surface area contributed by atoms with Gasteiger partial charge in [0.25, 0.3) is 0 Å². The average molecular weight is 352 g/mol. The van der Waals surface area contributed by atoms with Gasteiger partial charge in [0, 0.05) is 32.7 Å². The van der Waals surface area contributed by atoms with Crippen molar-refractivity contribution in [2.45, 2.75) is 71.6 Å². The first-order chi connectivity index (χ1) is 11.5. The second-order valence-corrected chi connectivity index (χ2v) is 5.05. The highest BCUT2D eigenvalue weighted by Crippen LogP contribution is 2.01. The Labute approximate surface area is 145 Å². The zero-order valence-corrected chi connectivity index (χ0v) is 15.2. The number of aliphatic carboxylic acids is 1. The SMILES string of the molecule is CCCC(=O)O.CCCCCC(=O)OCCCCO.OCCCO. The highest BCUT2D eigenvalue weighted by atomic mass is 16.5. The lowest BCUT2D eigenvalue weighted by atomic mass is 10.2. The number of rotatable bonds is 12. The van der Waals surface area contributed by atoms with Gasteiger partial charge in [-0.15, -0.1) is 0 Å². The Bertz CT molecular complexity index is 255. The van der Waals surface area contributed by atoms with Gasteiger partial charge in [-0.25, -0.2) is 0 Å². The van der Waals surface area contributed by atoms with Crippen molar-refractivity contribution in [3.63, 3.8) is 0 Å². The Kier molecular flexibility index (Phi) is 30.8. The van der Waals surface area contributed by atoms with Crippen LogP contribution in [0.4, 0.5) is 0 Å². The Morgan fingerprint density at radius 2 is 1.33 bits per heavy atom. The fourth-order valence-corrected chi connectivity index (χ4v) is 1.28. The summed E-state index contributed by atoms with van der Waals surface area (Å²) in [6.07, 6.45) is 6.67. The van der Waals surface area contributed by atoms with E-state index in [9.17, 15) is 9.59 Å². The molecule has 0 saturated heterocycles. The van der Waals surface area contributed by atoms with E-state index in [1.54, 1.807) is 0 Å². The molecule has 0 saturated carbocycles. The lowest BCUT2D eigenvalue weighted by molar-refractivity contribution is -0.144. The van der Waals surface area contributed by atoms with Gasteiger partial charge in [0.15, 0.2) is 0 Å². The zero-order chi connectivity index (χ0) is 19.1. The number of carboxylic acid groups (broad SMARTS) is 1. The minimum Gasteiger partial charge on any atom is -0.481 e. The number of unbranched alkanes of at least 4 members (excludes halogenated alkanes) is 3. The highest BCUT2D eigenvalue weighted by Gasteiger charge is 2.00. The average Bonchev–Trinajstić information content (AvgIpc) is 2.54. The molecule has 0 aliphatic heterocycles. The molecular weight excluding hydrogens is 316 g/mol. The molecule has 0 aromatic carbocycles. The molecule has 0 unspecified atom stereocenters. The molecule has 146 valence electrons. The van der Waals surface area contributed by atoms with Crippen molar-refractivity contribution in [2.24, 2.45) is 0 Å². The van der Waals surface area contributed by atoms with Crippen LogP contribution in [0, 0.1) is 0 Å². The summed E-state index contributed by atoms with van der Waals surface area (Å²) in [5.74, 6) is -0.816. The van der Waals surface area contributed by atoms with Gasteiger partial charge in [0.05, 0.1) is 6.61 Å². The first kappa shape index (κ1) is 27.7. The molecule has 24 heavy (non-hydrogen) atoms. The molecule has 0 aliphatic carbocycles. The number of carbonyl (C=O) groups is 2. The van der Waals surface area contributed by atoms with Gasteiger partial charge in [0.2, 0.25) is 0 Å². The molecule has 0 bridgehead atoms. The third-order valence-corrected chi connectivity index (χ3v) is 2.58. The first-order valence-corrected chi connectivity index (χ1v) is 8.69. The van der Waals surface area contributed by atoms with Crippen LogP contribution in [0.5, 0.6) is 0 Å². The molecule has 0 heterocycles. The molecule has 0 aromatic heterocycles. The molecular formula is C17H36O7. The summed E-state index contributed by atoms with van der Waals surface area (Å²) in [5.41, 5.74) is 0. The van der Waals surface area contributed by atoms with Gasteiger partial charge in [0.1, 0.15) is 0 Å². The van der Waals surface area contributed by atoms with Crippen molar-refractivity contribution >= 4 is 11.9 Å². The predicted octanol–water partition coefficient (Wildman–Crippen LogP) is 2.11. The van der Waals surface area contributed by atoms with Crippen molar-refractivity contribution in [3.05, 3.63) is 0 Å². The fraction of sp³-hybridized carbons (Fsp3) is 0.882. The quantitative estimate of drug-likeness (QED) is 0.313. The normalized spacial score (nSPS) is 9.21.